The second-order valence-electron chi connectivity index (χ2n) is 14.1. The van der Waals surface area contributed by atoms with E-state index in [0.717, 1.165) is 22.3 Å². The summed E-state index contributed by atoms with van der Waals surface area (Å²) in [6.45, 7) is 0. The van der Waals surface area contributed by atoms with Gasteiger partial charge in [-0.05, 0) is 123 Å². The molecule has 6 aromatic carbocycles. The van der Waals surface area contributed by atoms with E-state index < -0.39 is 0 Å². The molecule has 248 valence electrons. The SMILES string of the molecule is c1cncc(-c2c3c(c(-c4cccnc4)c4ccccc24)-c2ccc4c5c(ccc-3c25)-c2c-4c(-c3cccnc3)c3ccccc3c2-c2cccnc2)c1. The quantitative estimate of drug-likeness (QED) is 0.185. The van der Waals surface area contributed by atoms with E-state index in [1.807, 2.05) is 73.8 Å². The molecule has 2 aliphatic carbocycles. The normalized spacial score (nSPS) is 12.1. The lowest BCUT2D eigenvalue weighted by Crippen LogP contribution is -1.95. The first-order valence-electron chi connectivity index (χ1n) is 18.3. The molecule has 0 fully saturated rings. The maximum atomic E-state index is 4.62. The number of hydrogen-bond acceptors (Lipinski definition) is 4. The first kappa shape index (κ1) is 29.3. The number of pyridine rings is 4. The fraction of sp³-hybridized carbons (Fsp3) is 0. The zero-order chi connectivity index (χ0) is 35.3. The highest BCUT2D eigenvalue weighted by Gasteiger charge is 2.37. The Labute approximate surface area is 311 Å². The number of aromatic nitrogens is 4. The van der Waals surface area contributed by atoms with Crippen LogP contribution >= 0.6 is 0 Å². The van der Waals surface area contributed by atoms with Gasteiger partial charge >= 0.3 is 0 Å². The lowest BCUT2D eigenvalue weighted by molar-refractivity contribution is 1.33. The minimum atomic E-state index is 1.11. The zero-order valence-corrected chi connectivity index (χ0v) is 29.0. The Morgan fingerprint density at radius 3 is 0.722 bits per heavy atom. The molecule has 0 radical (unpaired) electrons. The third kappa shape index (κ3) is 3.86. The van der Waals surface area contributed by atoms with Gasteiger partial charge in [0.1, 0.15) is 0 Å². The van der Waals surface area contributed by atoms with E-state index >= 15 is 0 Å². The van der Waals surface area contributed by atoms with E-state index in [4.69, 9.17) is 0 Å². The monoisotopic (exact) mass is 684 g/mol. The molecule has 0 aliphatic heterocycles. The molecule has 0 amide bonds. The van der Waals surface area contributed by atoms with Gasteiger partial charge in [-0.3, -0.25) is 19.9 Å². The molecule has 2 aliphatic rings. The molecular weight excluding hydrogens is 657 g/mol. The molecule has 0 bridgehead atoms. The lowest BCUT2D eigenvalue weighted by atomic mass is 9.82. The van der Waals surface area contributed by atoms with Crippen molar-refractivity contribution in [2.45, 2.75) is 0 Å². The van der Waals surface area contributed by atoms with E-state index in [9.17, 15) is 0 Å². The van der Waals surface area contributed by atoms with Crippen molar-refractivity contribution in [1.29, 1.82) is 0 Å². The molecule has 4 heterocycles. The Morgan fingerprint density at radius 1 is 0.241 bits per heavy atom. The zero-order valence-electron chi connectivity index (χ0n) is 29.0. The molecule has 54 heavy (non-hydrogen) atoms. The van der Waals surface area contributed by atoms with Gasteiger partial charge in [-0.1, -0.05) is 97.1 Å². The smallest absolute Gasteiger partial charge is 0.0346 e. The maximum Gasteiger partial charge on any atom is 0.0346 e. The standard InChI is InChI=1S/C50H28N4/c1-2-14-34-33(13-1)41(29-9-5-21-51-25-29)47-37-17-18-39-46-40(20-19-38(45(37)46)48(47)42(34)30-10-6-22-52-26-30)50-44(32-12-8-24-54-28-32)36-16-4-3-15-35(36)43(49(39)50)31-11-7-23-53-27-31/h1-28H. The van der Waals surface area contributed by atoms with E-state index in [2.05, 4.69) is 117 Å². The topological polar surface area (TPSA) is 51.6 Å². The fourth-order valence-corrected chi connectivity index (χ4v) is 9.53. The molecule has 0 saturated carbocycles. The minimum absolute atomic E-state index is 1.11. The highest BCUT2D eigenvalue weighted by Crippen LogP contribution is 2.64. The Kier molecular flexibility index (Phi) is 6.02. The van der Waals surface area contributed by atoms with Crippen molar-refractivity contribution in [1.82, 2.24) is 19.9 Å². The van der Waals surface area contributed by atoms with Crippen molar-refractivity contribution in [3.8, 4) is 89.0 Å². The Bertz CT molecular complexity index is 2750. The molecule has 10 aromatic rings. The summed E-state index contributed by atoms with van der Waals surface area (Å²) in [6, 6.07) is 44.1. The molecule has 4 nitrogen and oxygen atoms in total. The van der Waals surface area contributed by atoms with Crippen molar-refractivity contribution in [3.63, 3.8) is 0 Å². The van der Waals surface area contributed by atoms with Crippen LogP contribution in [0.2, 0.25) is 0 Å². The second-order valence-corrected chi connectivity index (χ2v) is 14.1. The number of rotatable bonds is 4. The molecule has 0 unspecified atom stereocenters. The van der Waals surface area contributed by atoms with Crippen LogP contribution in [-0.4, -0.2) is 19.9 Å². The van der Waals surface area contributed by atoms with Crippen LogP contribution < -0.4 is 0 Å². The van der Waals surface area contributed by atoms with Gasteiger partial charge in [-0.15, -0.1) is 0 Å². The van der Waals surface area contributed by atoms with Crippen molar-refractivity contribution in [2.24, 2.45) is 0 Å². The summed E-state index contributed by atoms with van der Waals surface area (Å²) in [4.78, 5) is 18.5. The van der Waals surface area contributed by atoms with Crippen molar-refractivity contribution >= 4 is 32.3 Å². The van der Waals surface area contributed by atoms with Crippen LogP contribution in [0, 0.1) is 0 Å². The van der Waals surface area contributed by atoms with Gasteiger partial charge < -0.3 is 0 Å². The molecular formula is C50H28N4. The van der Waals surface area contributed by atoms with Crippen LogP contribution in [0.4, 0.5) is 0 Å². The van der Waals surface area contributed by atoms with E-state index in [0.29, 0.717) is 0 Å². The molecule has 0 atom stereocenters. The summed E-state index contributed by atoms with van der Waals surface area (Å²) in [5.74, 6) is 0. The largest absolute Gasteiger partial charge is 0.264 e. The first-order valence-corrected chi connectivity index (χ1v) is 18.3. The summed E-state index contributed by atoms with van der Waals surface area (Å²) >= 11 is 0. The Morgan fingerprint density at radius 2 is 0.500 bits per heavy atom. The second kappa shape index (κ2) is 11.1. The fourth-order valence-electron chi connectivity index (χ4n) is 9.53. The predicted octanol–water partition coefficient (Wildman–Crippen LogP) is 12.7. The lowest BCUT2D eigenvalue weighted by Gasteiger charge is -2.21. The molecule has 12 rings (SSSR count). The average Bonchev–Trinajstić information content (AvgIpc) is 3.75. The van der Waals surface area contributed by atoms with E-state index in [-0.39, 0.29) is 0 Å². The highest BCUT2D eigenvalue weighted by atomic mass is 14.6. The third-order valence-electron chi connectivity index (χ3n) is 11.5. The number of benzene rings is 6. The summed E-state index contributed by atoms with van der Waals surface area (Å²) < 4.78 is 0. The summed E-state index contributed by atoms with van der Waals surface area (Å²) in [7, 11) is 0. The number of fused-ring (bicyclic) bond motifs is 8. The molecule has 0 spiro atoms. The van der Waals surface area contributed by atoms with Crippen LogP contribution in [-0.2, 0) is 0 Å². The third-order valence-corrected chi connectivity index (χ3v) is 11.5. The van der Waals surface area contributed by atoms with Gasteiger partial charge in [-0.2, -0.15) is 0 Å². The summed E-state index contributed by atoms with van der Waals surface area (Å²) in [5, 5.41) is 7.40. The Balaban J connectivity index is 1.28. The van der Waals surface area contributed by atoms with Gasteiger partial charge in [0, 0.05) is 71.8 Å². The van der Waals surface area contributed by atoms with Crippen LogP contribution in [0.15, 0.2) is 171 Å². The number of nitrogens with zero attached hydrogens (tertiary/aromatic N) is 4. The predicted molar refractivity (Wildman–Crippen MR) is 221 cm³/mol. The van der Waals surface area contributed by atoms with Crippen molar-refractivity contribution in [2.75, 3.05) is 0 Å². The van der Waals surface area contributed by atoms with Crippen LogP contribution in [0.1, 0.15) is 0 Å². The molecule has 4 heteroatoms. The van der Waals surface area contributed by atoms with E-state index in [1.54, 1.807) is 0 Å². The summed E-state index contributed by atoms with van der Waals surface area (Å²) in [6.07, 6.45) is 15.4. The van der Waals surface area contributed by atoms with Gasteiger partial charge in [-0.25, -0.2) is 0 Å². The minimum Gasteiger partial charge on any atom is -0.264 e. The average molecular weight is 685 g/mol. The van der Waals surface area contributed by atoms with Gasteiger partial charge in [0.2, 0.25) is 0 Å². The summed E-state index contributed by atoms with van der Waals surface area (Å²) in [5.41, 5.74) is 19.3. The van der Waals surface area contributed by atoms with E-state index in [1.165, 1.54) is 99.1 Å². The van der Waals surface area contributed by atoms with Crippen LogP contribution in [0.3, 0.4) is 0 Å². The molecule has 0 N–H and O–H groups in total. The van der Waals surface area contributed by atoms with Crippen LogP contribution in [0.25, 0.3) is 121 Å². The molecule has 4 aromatic heterocycles. The van der Waals surface area contributed by atoms with Crippen molar-refractivity contribution < 1.29 is 0 Å². The maximum absolute atomic E-state index is 4.62. The van der Waals surface area contributed by atoms with Gasteiger partial charge in [0.05, 0.1) is 0 Å². The van der Waals surface area contributed by atoms with Crippen LogP contribution in [0.5, 0.6) is 0 Å². The Hall–Kier alpha value is -7.30. The number of hydrogen-bond donors (Lipinski definition) is 0. The van der Waals surface area contributed by atoms with Crippen molar-refractivity contribution in [3.05, 3.63) is 171 Å². The van der Waals surface area contributed by atoms with Gasteiger partial charge in [0.25, 0.3) is 0 Å². The highest BCUT2D eigenvalue weighted by molar-refractivity contribution is 6.35. The van der Waals surface area contributed by atoms with Gasteiger partial charge in [0.15, 0.2) is 0 Å². The molecule has 0 saturated heterocycles. The first-order chi connectivity index (χ1) is 26.9.